The average molecular weight is 192 g/mol. The van der Waals surface area contributed by atoms with E-state index >= 15 is 0 Å². The summed E-state index contributed by atoms with van der Waals surface area (Å²) in [5.74, 6) is 0.740. The lowest BCUT2D eigenvalue weighted by Gasteiger charge is -2.10. The van der Waals surface area contributed by atoms with Gasteiger partial charge >= 0.3 is 0 Å². The summed E-state index contributed by atoms with van der Waals surface area (Å²) in [6.45, 7) is 0.369. The van der Waals surface area contributed by atoms with E-state index in [0.29, 0.717) is 6.61 Å². The first-order chi connectivity index (χ1) is 6.81. The molecular weight excluding hydrogens is 176 g/mol. The second-order valence-corrected chi connectivity index (χ2v) is 3.92. The number of rotatable bonds is 4. The van der Waals surface area contributed by atoms with E-state index in [4.69, 9.17) is 4.74 Å². The van der Waals surface area contributed by atoms with E-state index in [-0.39, 0.29) is 0 Å². The molecule has 0 saturated heterocycles. The van der Waals surface area contributed by atoms with Crippen LogP contribution in [0.2, 0.25) is 0 Å². The van der Waals surface area contributed by atoms with Crippen molar-refractivity contribution >= 4 is 0 Å². The van der Waals surface area contributed by atoms with Crippen LogP contribution < -0.4 is 0 Å². The van der Waals surface area contributed by atoms with Crippen molar-refractivity contribution in [1.29, 1.82) is 0 Å². The third-order valence-corrected chi connectivity index (χ3v) is 2.67. The van der Waals surface area contributed by atoms with Gasteiger partial charge in [0, 0.05) is 7.11 Å². The molecule has 1 fully saturated rings. The van der Waals surface area contributed by atoms with Crippen molar-refractivity contribution in [1.82, 2.24) is 0 Å². The fourth-order valence-electron chi connectivity index (χ4n) is 1.69. The van der Waals surface area contributed by atoms with E-state index < -0.39 is 6.10 Å². The smallest absolute Gasteiger partial charge is 0.102 e. The molecule has 0 aromatic heterocycles. The molecule has 1 aliphatic carbocycles. The van der Waals surface area contributed by atoms with E-state index in [1.54, 1.807) is 7.11 Å². The highest BCUT2D eigenvalue weighted by molar-refractivity contribution is 5.30. The molecule has 1 aromatic rings. The molecule has 0 bridgehead atoms. The summed E-state index contributed by atoms with van der Waals surface area (Å²) in [6, 6.07) is 8.21. The van der Waals surface area contributed by atoms with Crippen LogP contribution in [0.4, 0.5) is 0 Å². The molecular formula is C12H16O2. The molecule has 1 aliphatic rings. The molecule has 76 valence electrons. The van der Waals surface area contributed by atoms with Gasteiger partial charge in [0.2, 0.25) is 0 Å². The zero-order valence-corrected chi connectivity index (χ0v) is 8.44. The highest BCUT2D eigenvalue weighted by atomic mass is 16.5. The number of hydrogen-bond acceptors (Lipinski definition) is 2. The fraction of sp³-hybridized carbons (Fsp3) is 0.500. The molecule has 1 unspecified atom stereocenters. The van der Waals surface area contributed by atoms with Crippen LogP contribution in [0.5, 0.6) is 0 Å². The van der Waals surface area contributed by atoms with Crippen molar-refractivity contribution in [2.75, 3.05) is 13.7 Å². The lowest BCUT2D eigenvalue weighted by atomic mass is 10.0. The Hall–Kier alpha value is -0.860. The van der Waals surface area contributed by atoms with Crippen LogP contribution >= 0.6 is 0 Å². The Morgan fingerprint density at radius 1 is 1.50 bits per heavy atom. The largest absolute Gasteiger partial charge is 0.386 e. The van der Waals surface area contributed by atoms with Gasteiger partial charge in [-0.1, -0.05) is 24.3 Å². The number of hydrogen-bond donors (Lipinski definition) is 1. The Morgan fingerprint density at radius 2 is 2.29 bits per heavy atom. The number of methoxy groups -OCH3 is 1. The van der Waals surface area contributed by atoms with Crippen LogP contribution in [0.15, 0.2) is 24.3 Å². The molecule has 14 heavy (non-hydrogen) atoms. The molecule has 2 nitrogen and oxygen atoms in total. The molecule has 0 heterocycles. The quantitative estimate of drug-likeness (QED) is 0.792. The van der Waals surface area contributed by atoms with Gasteiger partial charge in [0.25, 0.3) is 0 Å². The van der Waals surface area contributed by atoms with Gasteiger partial charge in [-0.15, -0.1) is 0 Å². The molecule has 1 aromatic carbocycles. The lowest BCUT2D eigenvalue weighted by molar-refractivity contribution is 0.0643. The number of ether oxygens (including phenoxy) is 1. The summed E-state index contributed by atoms with van der Waals surface area (Å²) in [5, 5.41) is 9.72. The summed E-state index contributed by atoms with van der Waals surface area (Å²) in [4.78, 5) is 0. The molecule has 0 radical (unpaired) electrons. The van der Waals surface area contributed by atoms with E-state index in [1.807, 2.05) is 12.1 Å². The first kappa shape index (κ1) is 9.69. The maximum absolute atomic E-state index is 9.72. The van der Waals surface area contributed by atoms with Crippen molar-refractivity contribution in [3.05, 3.63) is 35.4 Å². The second kappa shape index (κ2) is 4.11. The summed E-state index contributed by atoms with van der Waals surface area (Å²) in [6.07, 6.45) is 2.10. The predicted octanol–water partition coefficient (Wildman–Crippen LogP) is 2.24. The molecule has 1 atom stereocenters. The Labute approximate surface area is 84.5 Å². The van der Waals surface area contributed by atoms with Gasteiger partial charge in [0.15, 0.2) is 0 Å². The Kier molecular flexibility index (Phi) is 2.85. The molecule has 2 rings (SSSR count). The van der Waals surface area contributed by atoms with Crippen LogP contribution in [0.3, 0.4) is 0 Å². The maximum atomic E-state index is 9.72. The fourth-order valence-corrected chi connectivity index (χ4v) is 1.69. The Bertz CT molecular complexity index is 305. The van der Waals surface area contributed by atoms with Crippen molar-refractivity contribution < 1.29 is 9.84 Å². The third-order valence-electron chi connectivity index (χ3n) is 2.67. The summed E-state index contributed by atoms with van der Waals surface area (Å²) in [5.41, 5.74) is 2.33. The van der Waals surface area contributed by atoms with E-state index in [9.17, 15) is 5.11 Å². The van der Waals surface area contributed by atoms with Crippen LogP contribution in [-0.4, -0.2) is 18.8 Å². The Morgan fingerprint density at radius 3 is 2.93 bits per heavy atom. The summed E-state index contributed by atoms with van der Waals surface area (Å²) < 4.78 is 4.92. The number of aliphatic hydroxyl groups is 1. The monoisotopic (exact) mass is 192 g/mol. The normalized spacial score (nSPS) is 18.1. The lowest BCUT2D eigenvalue weighted by Crippen LogP contribution is -2.05. The first-order valence-electron chi connectivity index (χ1n) is 5.08. The minimum Gasteiger partial charge on any atom is -0.386 e. The van der Waals surface area contributed by atoms with Gasteiger partial charge in [-0.2, -0.15) is 0 Å². The second-order valence-electron chi connectivity index (χ2n) is 3.92. The van der Waals surface area contributed by atoms with Gasteiger partial charge in [-0.25, -0.2) is 0 Å². The minimum absolute atomic E-state index is 0.369. The molecule has 0 amide bonds. The standard InChI is InChI=1S/C12H16O2/c1-14-8-12(13)11-4-2-3-10(7-11)9-5-6-9/h2-4,7,9,12-13H,5-6,8H2,1H3. The van der Waals surface area contributed by atoms with E-state index in [0.717, 1.165) is 11.5 Å². The van der Waals surface area contributed by atoms with Gasteiger partial charge in [0.05, 0.1) is 6.61 Å². The highest BCUT2D eigenvalue weighted by Gasteiger charge is 2.23. The highest BCUT2D eigenvalue weighted by Crippen LogP contribution is 2.40. The van der Waals surface area contributed by atoms with Crippen LogP contribution in [0.1, 0.15) is 36.0 Å². The molecule has 0 aliphatic heterocycles. The van der Waals surface area contributed by atoms with Gasteiger partial charge in [0.1, 0.15) is 6.10 Å². The number of benzene rings is 1. The summed E-state index contributed by atoms with van der Waals surface area (Å²) >= 11 is 0. The zero-order valence-electron chi connectivity index (χ0n) is 8.44. The van der Waals surface area contributed by atoms with Crippen molar-refractivity contribution in [3.63, 3.8) is 0 Å². The zero-order chi connectivity index (χ0) is 9.97. The van der Waals surface area contributed by atoms with Gasteiger partial charge in [-0.3, -0.25) is 0 Å². The predicted molar refractivity (Wildman–Crippen MR) is 55.3 cm³/mol. The minimum atomic E-state index is -0.487. The molecule has 1 N–H and O–H groups in total. The van der Waals surface area contributed by atoms with Gasteiger partial charge in [-0.05, 0) is 29.9 Å². The number of aliphatic hydroxyl groups excluding tert-OH is 1. The van der Waals surface area contributed by atoms with Crippen molar-refractivity contribution in [2.45, 2.75) is 24.9 Å². The van der Waals surface area contributed by atoms with Crippen LogP contribution in [-0.2, 0) is 4.74 Å². The molecule has 0 spiro atoms. The molecule has 2 heteroatoms. The summed E-state index contributed by atoms with van der Waals surface area (Å²) in [7, 11) is 1.61. The van der Waals surface area contributed by atoms with Crippen LogP contribution in [0, 0.1) is 0 Å². The SMILES string of the molecule is COCC(O)c1cccc(C2CC2)c1. The average Bonchev–Trinajstić information content (AvgIpc) is 3.02. The Balaban J connectivity index is 2.12. The maximum Gasteiger partial charge on any atom is 0.102 e. The third kappa shape index (κ3) is 2.14. The van der Waals surface area contributed by atoms with E-state index in [2.05, 4.69) is 12.1 Å². The van der Waals surface area contributed by atoms with Crippen molar-refractivity contribution in [2.24, 2.45) is 0 Å². The first-order valence-corrected chi connectivity index (χ1v) is 5.08. The van der Waals surface area contributed by atoms with Crippen molar-refractivity contribution in [3.8, 4) is 0 Å². The van der Waals surface area contributed by atoms with Gasteiger partial charge < -0.3 is 9.84 Å². The topological polar surface area (TPSA) is 29.5 Å². The van der Waals surface area contributed by atoms with Crippen LogP contribution in [0.25, 0.3) is 0 Å². The van der Waals surface area contributed by atoms with E-state index in [1.165, 1.54) is 18.4 Å². The molecule has 1 saturated carbocycles.